The number of nitriles is 1. The van der Waals surface area contributed by atoms with Gasteiger partial charge in [0.15, 0.2) is 0 Å². The van der Waals surface area contributed by atoms with E-state index in [1.165, 1.54) is 50.8 Å². The highest BCUT2D eigenvalue weighted by molar-refractivity contribution is 5.97. The first-order valence-electron chi connectivity index (χ1n) is 16.0. The smallest absolute Gasteiger partial charge is 0.318 e. The minimum Gasteiger partial charge on any atom is -0.463 e. The number of piperidine rings is 1. The van der Waals surface area contributed by atoms with Crippen molar-refractivity contribution in [1.29, 1.82) is 5.26 Å². The van der Waals surface area contributed by atoms with Gasteiger partial charge in [0.05, 0.1) is 31.3 Å². The molecular formula is C34H42FN7O. The maximum Gasteiger partial charge on any atom is 0.318 e. The molecule has 9 heteroatoms. The third-order valence-corrected chi connectivity index (χ3v) is 9.95. The Morgan fingerprint density at radius 2 is 1.93 bits per heavy atom. The minimum absolute atomic E-state index is 0.113. The van der Waals surface area contributed by atoms with E-state index in [4.69, 9.17) is 14.7 Å². The first-order chi connectivity index (χ1) is 21.0. The summed E-state index contributed by atoms with van der Waals surface area (Å²) in [6.07, 6.45) is 7.59. The second-order valence-electron chi connectivity index (χ2n) is 13.1. The number of hydrogen-bond donors (Lipinski definition) is 1. The van der Waals surface area contributed by atoms with E-state index in [1.54, 1.807) is 6.07 Å². The molecule has 0 amide bonds. The fourth-order valence-corrected chi connectivity index (χ4v) is 7.30. The van der Waals surface area contributed by atoms with Crippen LogP contribution in [0.2, 0.25) is 0 Å². The highest BCUT2D eigenvalue weighted by Crippen LogP contribution is 2.47. The van der Waals surface area contributed by atoms with Crippen molar-refractivity contribution in [2.45, 2.75) is 64.5 Å². The van der Waals surface area contributed by atoms with Crippen LogP contribution in [0.3, 0.4) is 0 Å². The van der Waals surface area contributed by atoms with Crippen molar-refractivity contribution in [3.05, 3.63) is 53.0 Å². The van der Waals surface area contributed by atoms with Gasteiger partial charge in [0.25, 0.3) is 0 Å². The van der Waals surface area contributed by atoms with E-state index in [0.717, 1.165) is 67.1 Å². The van der Waals surface area contributed by atoms with Crippen molar-refractivity contribution in [2.24, 2.45) is 5.41 Å². The summed E-state index contributed by atoms with van der Waals surface area (Å²) in [5, 5.41) is 14.8. The third kappa shape index (κ3) is 5.87. The number of halogens is 1. The van der Waals surface area contributed by atoms with Crippen molar-refractivity contribution >= 4 is 22.3 Å². The SMILES string of the molecule is Cc1c(F)ccc2cccc(N3CCc4c(nc(OCC5(CN6CCCCC6)CC5)nc4N4CCN[C@@H](CC#N)C4)C3)c12. The summed E-state index contributed by atoms with van der Waals surface area (Å²) in [6, 6.07) is 12.5. The zero-order chi connectivity index (χ0) is 29.4. The van der Waals surface area contributed by atoms with Crippen molar-refractivity contribution in [3.8, 4) is 12.1 Å². The van der Waals surface area contributed by atoms with E-state index in [0.29, 0.717) is 31.1 Å². The lowest BCUT2D eigenvalue weighted by Gasteiger charge is -2.37. The van der Waals surface area contributed by atoms with Crippen molar-refractivity contribution in [1.82, 2.24) is 20.2 Å². The van der Waals surface area contributed by atoms with Gasteiger partial charge in [0.2, 0.25) is 0 Å². The maximum atomic E-state index is 14.7. The summed E-state index contributed by atoms with van der Waals surface area (Å²) in [5.41, 5.74) is 4.07. The predicted octanol–water partition coefficient (Wildman–Crippen LogP) is 4.98. The number of hydrogen-bond acceptors (Lipinski definition) is 8. The van der Waals surface area contributed by atoms with Crippen molar-refractivity contribution < 1.29 is 9.13 Å². The number of rotatable bonds is 8. The second-order valence-corrected chi connectivity index (χ2v) is 13.1. The highest BCUT2D eigenvalue weighted by atomic mass is 19.1. The van der Waals surface area contributed by atoms with Gasteiger partial charge >= 0.3 is 6.01 Å². The quantitative estimate of drug-likeness (QED) is 0.398. The second kappa shape index (κ2) is 11.9. The molecule has 1 saturated carbocycles. The van der Waals surface area contributed by atoms with Crippen LogP contribution < -0.4 is 19.9 Å². The largest absolute Gasteiger partial charge is 0.463 e. The molecule has 0 spiro atoms. The molecule has 1 aromatic heterocycles. The van der Waals surface area contributed by atoms with Gasteiger partial charge in [-0.25, -0.2) is 4.39 Å². The molecule has 1 N–H and O–H groups in total. The van der Waals surface area contributed by atoms with Crippen LogP contribution in [0.25, 0.3) is 10.8 Å². The summed E-state index contributed by atoms with van der Waals surface area (Å²) < 4.78 is 21.2. The summed E-state index contributed by atoms with van der Waals surface area (Å²) >= 11 is 0. The molecule has 0 bridgehead atoms. The Morgan fingerprint density at radius 3 is 2.74 bits per heavy atom. The lowest BCUT2D eigenvalue weighted by atomic mass is 9.99. The molecule has 4 heterocycles. The normalized spacial score (nSPS) is 21.8. The van der Waals surface area contributed by atoms with E-state index >= 15 is 0 Å². The Labute approximate surface area is 253 Å². The van der Waals surface area contributed by atoms with Crippen LogP contribution in [0.15, 0.2) is 30.3 Å². The van der Waals surface area contributed by atoms with Gasteiger partial charge in [-0.2, -0.15) is 15.2 Å². The Bertz CT molecular complexity index is 1530. The number of benzene rings is 2. The maximum absolute atomic E-state index is 14.7. The van der Waals surface area contributed by atoms with E-state index in [9.17, 15) is 9.65 Å². The van der Waals surface area contributed by atoms with Crippen LogP contribution in [0, 0.1) is 29.5 Å². The molecule has 0 unspecified atom stereocenters. The average Bonchev–Trinajstić information content (AvgIpc) is 3.81. The zero-order valence-electron chi connectivity index (χ0n) is 25.2. The van der Waals surface area contributed by atoms with E-state index in [1.807, 2.05) is 13.0 Å². The minimum atomic E-state index is -0.179. The average molecular weight is 584 g/mol. The molecule has 43 heavy (non-hydrogen) atoms. The number of nitrogens with zero attached hydrogens (tertiary/aromatic N) is 6. The van der Waals surface area contributed by atoms with Crippen LogP contribution >= 0.6 is 0 Å². The predicted molar refractivity (Wildman–Crippen MR) is 167 cm³/mol. The van der Waals surface area contributed by atoms with Gasteiger partial charge in [-0.05, 0) is 75.2 Å². The Kier molecular flexibility index (Phi) is 7.83. The van der Waals surface area contributed by atoms with Gasteiger partial charge in [0.1, 0.15) is 11.6 Å². The van der Waals surface area contributed by atoms with Gasteiger partial charge in [0, 0.05) is 60.8 Å². The van der Waals surface area contributed by atoms with Gasteiger partial charge < -0.3 is 24.8 Å². The molecule has 3 aliphatic heterocycles. The molecule has 3 aromatic rings. The van der Waals surface area contributed by atoms with Crippen LogP contribution in [0.1, 0.15) is 55.3 Å². The number of ether oxygens (including phenoxy) is 1. The molecule has 2 saturated heterocycles. The molecule has 1 aliphatic carbocycles. The highest BCUT2D eigenvalue weighted by Gasteiger charge is 2.45. The number of aryl methyl sites for hydroxylation is 1. The molecule has 0 radical (unpaired) electrons. The molecule has 3 fully saturated rings. The topological polar surface area (TPSA) is 80.6 Å². The summed E-state index contributed by atoms with van der Waals surface area (Å²) in [6.45, 7) is 9.79. The van der Waals surface area contributed by atoms with E-state index < -0.39 is 0 Å². The summed E-state index contributed by atoms with van der Waals surface area (Å²) in [7, 11) is 0. The summed E-state index contributed by atoms with van der Waals surface area (Å²) in [5.74, 6) is 0.770. The number of anilines is 2. The zero-order valence-corrected chi connectivity index (χ0v) is 25.2. The van der Waals surface area contributed by atoms with E-state index in [-0.39, 0.29) is 17.3 Å². The Hall–Kier alpha value is -3.48. The van der Waals surface area contributed by atoms with Crippen molar-refractivity contribution in [2.75, 3.05) is 62.2 Å². The van der Waals surface area contributed by atoms with Crippen LogP contribution in [-0.4, -0.2) is 73.3 Å². The first kappa shape index (κ1) is 28.3. The molecule has 1 atom stereocenters. The molecule has 226 valence electrons. The number of nitrogens with one attached hydrogen (secondary N) is 1. The number of piperazine rings is 1. The first-order valence-corrected chi connectivity index (χ1v) is 16.0. The molecular weight excluding hydrogens is 541 g/mol. The molecule has 2 aromatic carbocycles. The van der Waals surface area contributed by atoms with Crippen LogP contribution in [0.4, 0.5) is 15.9 Å². The molecule has 4 aliphatic rings. The van der Waals surface area contributed by atoms with Crippen molar-refractivity contribution in [3.63, 3.8) is 0 Å². The third-order valence-electron chi connectivity index (χ3n) is 9.95. The molecule has 8 nitrogen and oxygen atoms in total. The lowest BCUT2D eigenvalue weighted by molar-refractivity contribution is 0.138. The Morgan fingerprint density at radius 1 is 1.07 bits per heavy atom. The Balaban J connectivity index is 1.18. The van der Waals surface area contributed by atoms with Gasteiger partial charge in [-0.1, -0.05) is 24.6 Å². The monoisotopic (exact) mass is 583 g/mol. The van der Waals surface area contributed by atoms with Crippen LogP contribution in [0.5, 0.6) is 6.01 Å². The number of likely N-dealkylation sites (tertiary alicyclic amines) is 1. The van der Waals surface area contributed by atoms with Crippen LogP contribution in [-0.2, 0) is 13.0 Å². The summed E-state index contributed by atoms with van der Waals surface area (Å²) in [4.78, 5) is 17.4. The number of fused-ring (bicyclic) bond motifs is 2. The molecule has 7 rings (SSSR count). The fraction of sp³-hybridized carbons (Fsp3) is 0.559. The van der Waals surface area contributed by atoms with Gasteiger partial charge in [-0.15, -0.1) is 0 Å². The fourth-order valence-electron chi connectivity index (χ4n) is 7.30. The number of aromatic nitrogens is 2. The van der Waals surface area contributed by atoms with E-state index in [2.05, 4.69) is 44.3 Å². The van der Waals surface area contributed by atoms with Gasteiger partial charge in [-0.3, -0.25) is 0 Å². The standard InChI is InChI=1S/C34H42FN7O/c1-24-28(35)9-8-25-6-5-7-30(31(24)25)41-18-11-27-29(21-41)38-33(39-32(27)42-19-15-37-26(20-42)10-14-36)43-23-34(12-13-34)22-40-16-3-2-4-17-40/h5-9,26,37H,2-4,10-13,15-23H2,1H3/t26-/m0/s1. The lowest BCUT2D eigenvalue weighted by Crippen LogP contribution is -2.51.